The summed E-state index contributed by atoms with van der Waals surface area (Å²) in [5.41, 5.74) is -0.249. The van der Waals surface area contributed by atoms with Crippen LogP contribution in [-0.2, 0) is 17.5 Å². The van der Waals surface area contributed by atoms with Crippen LogP contribution in [0.5, 0.6) is 11.5 Å². The summed E-state index contributed by atoms with van der Waals surface area (Å²) < 4.78 is 71.1. The first-order valence-electron chi connectivity index (χ1n) is 7.34. The van der Waals surface area contributed by atoms with E-state index in [0.717, 1.165) is 12.1 Å². The zero-order valence-electron chi connectivity index (χ0n) is 13.2. The van der Waals surface area contributed by atoms with Crippen molar-refractivity contribution < 1.29 is 36.2 Å². The van der Waals surface area contributed by atoms with Crippen LogP contribution in [-0.4, -0.2) is 19.1 Å². The van der Waals surface area contributed by atoms with Crippen molar-refractivity contribution in [2.24, 2.45) is 0 Å². The van der Waals surface area contributed by atoms with E-state index in [0.29, 0.717) is 5.56 Å². The van der Waals surface area contributed by atoms with Crippen molar-refractivity contribution in [1.29, 1.82) is 0 Å². The summed E-state index contributed by atoms with van der Waals surface area (Å²) >= 11 is 0. The van der Waals surface area contributed by atoms with E-state index in [1.807, 2.05) is 0 Å². The molecule has 2 aromatic rings. The number of carbonyl (C=O) groups excluding carboxylic acids is 1. The molecule has 4 nitrogen and oxygen atoms in total. The summed E-state index contributed by atoms with van der Waals surface area (Å²) in [6.45, 7) is -3.29. The lowest BCUT2D eigenvalue weighted by Crippen LogP contribution is -2.28. The number of hydrogen-bond acceptors (Lipinski definition) is 3. The number of nitrogens with one attached hydrogen (secondary N) is 1. The molecule has 0 radical (unpaired) electrons. The molecule has 0 aliphatic heterocycles. The van der Waals surface area contributed by atoms with Gasteiger partial charge in [0, 0.05) is 6.54 Å². The van der Waals surface area contributed by atoms with Gasteiger partial charge in [-0.3, -0.25) is 4.79 Å². The zero-order valence-corrected chi connectivity index (χ0v) is 13.2. The summed E-state index contributed by atoms with van der Waals surface area (Å²) in [5.74, 6) is -0.637. The normalized spacial score (nSPS) is 11.3. The van der Waals surface area contributed by atoms with Gasteiger partial charge in [-0.05, 0) is 35.9 Å². The van der Waals surface area contributed by atoms with Crippen LogP contribution >= 0.6 is 0 Å². The van der Waals surface area contributed by atoms with E-state index < -0.39 is 30.9 Å². The number of benzene rings is 2. The second-order valence-corrected chi connectivity index (χ2v) is 5.11. The molecule has 0 bridgehead atoms. The maximum Gasteiger partial charge on any atom is 0.416 e. The Morgan fingerprint density at radius 1 is 1.04 bits per heavy atom. The first-order valence-corrected chi connectivity index (χ1v) is 7.34. The van der Waals surface area contributed by atoms with E-state index in [9.17, 15) is 26.7 Å². The third kappa shape index (κ3) is 6.23. The lowest BCUT2D eigenvalue weighted by Gasteiger charge is -2.11. The molecule has 2 rings (SSSR count). The van der Waals surface area contributed by atoms with Crippen LogP contribution in [0, 0.1) is 0 Å². The fourth-order valence-corrected chi connectivity index (χ4v) is 1.95. The summed E-state index contributed by atoms with van der Waals surface area (Å²) in [6.07, 6.45) is -4.50. The van der Waals surface area contributed by atoms with Crippen LogP contribution < -0.4 is 14.8 Å². The molecule has 140 valence electrons. The standard InChI is InChI=1S/C17H14F5NO3/c18-16(19)26-13-6-4-11(5-7-13)9-23-15(24)10-25-14-3-1-2-12(8-14)17(20,21)22/h1-8,16H,9-10H2,(H,23,24). The summed E-state index contributed by atoms with van der Waals surface area (Å²) in [6, 6.07) is 9.82. The molecule has 9 heteroatoms. The number of halogens is 5. The number of amides is 1. The van der Waals surface area contributed by atoms with E-state index in [1.54, 1.807) is 0 Å². The average molecular weight is 375 g/mol. The van der Waals surface area contributed by atoms with Crippen LogP contribution in [0.15, 0.2) is 48.5 Å². The molecule has 1 N–H and O–H groups in total. The smallest absolute Gasteiger partial charge is 0.416 e. The van der Waals surface area contributed by atoms with Gasteiger partial charge < -0.3 is 14.8 Å². The topological polar surface area (TPSA) is 47.6 Å². The molecule has 0 saturated heterocycles. The highest BCUT2D eigenvalue weighted by Crippen LogP contribution is 2.31. The van der Waals surface area contributed by atoms with Crippen molar-refractivity contribution in [3.8, 4) is 11.5 Å². The van der Waals surface area contributed by atoms with Crippen LogP contribution in [0.1, 0.15) is 11.1 Å². The van der Waals surface area contributed by atoms with Gasteiger partial charge in [0.15, 0.2) is 6.61 Å². The molecule has 26 heavy (non-hydrogen) atoms. The second kappa shape index (κ2) is 8.50. The maximum absolute atomic E-state index is 12.6. The van der Waals surface area contributed by atoms with Gasteiger partial charge >= 0.3 is 12.8 Å². The predicted octanol–water partition coefficient (Wildman–Crippen LogP) is 4.00. The third-order valence-corrected chi connectivity index (χ3v) is 3.17. The molecule has 0 saturated carbocycles. The quantitative estimate of drug-likeness (QED) is 0.744. The van der Waals surface area contributed by atoms with Crippen LogP contribution in [0.2, 0.25) is 0 Å². The Labute approximate surface area is 145 Å². The minimum atomic E-state index is -4.50. The van der Waals surface area contributed by atoms with E-state index in [-0.39, 0.29) is 18.0 Å². The minimum absolute atomic E-state index is 0.0112. The molecule has 0 aromatic heterocycles. The number of alkyl halides is 5. The number of ether oxygens (including phenoxy) is 2. The van der Waals surface area contributed by atoms with E-state index in [4.69, 9.17) is 4.74 Å². The molecule has 0 aliphatic carbocycles. The van der Waals surface area contributed by atoms with Gasteiger partial charge in [-0.2, -0.15) is 22.0 Å². The monoisotopic (exact) mass is 375 g/mol. The molecular formula is C17H14F5NO3. The first-order chi connectivity index (χ1) is 12.2. The van der Waals surface area contributed by atoms with Crippen molar-refractivity contribution >= 4 is 5.91 Å². The molecule has 0 spiro atoms. The van der Waals surface area contributed by atoms with Gasteiger partial charge in [-0.25, -0.2) is 0 Å². The van der Waals surface area contributed by atoms with Crippen molar-refractivity contribution in [2.45, 2.75) is 19.3 Å². The van der Waals surface area contributed by atoms with Crippen molar-refractivity contribution in [1.82, 2.24) is 5.32 Å². The van der Waals surface area contributed by atoms with Crippen molar-refractivity contribution in [3.63, 3.8) is 0 Å². The Morgan fingerprint density at radius 2 is 1.73 bits per heavy atom. The summed E-state index contributed by atoms with van der Waals surface area (Å²) in [5, 5.41) is 2.50. The highest BCUT2D eigenvalue weighted by Gasteiger charge is 2.30. The fraction of sp³-hybridized carbons (Fsp3) is 0.235. The van der Waals surface area contributed by atoms with E-state index in [2.05, 4.69) is 10.1 Å². The van der Waals surface area contributed by atoms with Gasteiger partial charge in [0.25, 0.3) is 5.91 Å². The first kappa shape index (κ1) is 19.5. The largest absolute Gasteiger partial charge is 0.484 e. The van der Waals surface area contributed by atoms with Gasteiger partial charge in [0.05, 0.1) is 5.56 Å². The molecule has 0 heterocycles. The van der Waals surface area contributed by atoms with Crippen LogP contribution in [0.25, 0.3) is 0 Å². The number of rotatable bonds is 7. The molecule has 0 unspecified atom stereocenters. The molecule has 0 atom stereocenters. The molecule has 1 amide bonds. The van der Waals surface area contributed by atoms with Crippen molar-refractivity contribution in [3.05, 3.63) is 59.7 Å². The second-order valence-electron chi connectivity index (χ2n) is 5.11. The summed E-state index contributed by atoms with van der Waals surface area (Å²) in [7, 11) is 0. The number of hydrogen-bond donors (Lipinski definition) is 1. The van der Waals surface area contributed by atoms with E-state index in [1.165, 1.54) is 36.4 Å². The predicted molar refractivity (Wildman–Crippen MR) is 81.9 cm³/mol. The average Bonchev–Trinajstić information content (AvgIpc) is 2.58. The Bertz CT molecular complexity index is 732. The fourth-order valence-electron chi connectivity index (χ4n) is 1.95. The van der Waals surface area contributed by atoms with Gasteiger partial charge in [0.1, 0.15) is 11.5 Å². The van der Waals surface area contributed by atoms with Crippen LogP contribution in [0.3, 0.4) is 0 Å². The maximum atomic E-state index is 12.6. The Balaban J connectivity index is 1.80. The zero-order chi connectivity index (χ0) is 19.2. The molecule has 0 fully saturated rings. The highest BCUT2D eigenvalue weighted by atomic mass is 19.4. The molecule has 2 aromatic carbocycles. The number of carbonyl (C=O) groups is 1. The van der Waals surface area contributed by atoms with Gasteiger partial charge in [0.2, 0.25) is 0 Å². The third-order valence-electron chi connectivity index (χ3n) is 3.17. The van der Waals surface area contributed by atoms with Crippen LogP contribution in [0.4, 0.5) is 22.0 Å². The lowest BCUT2D eigenvalue weighted by molar-refractivity contribution is -0.137. The Hall–Kier alpha value is -2.84. The van der Waals surface area contributed by atoms with Crippen molar-refractivity contribution in [2.75, 3.05) is 6.61 Å². The lowest BCUT2D eigenvalue weighted by atomic mass is 10.2. The molecule has 0 aliphatic rings. The van der Waals surface area contributed by atoms with Gasteiger partial charge in [-0.15, -0.1) is 0 Å². The Morgan fingerprint density at radius 3 is 2.35 bits per heavy atom. The Kier molecular flexibility index (Phi) is 6.37. The minimum Gasteiger partial charge on any atom is -0.484 e. The van der Waals surface area contributed by atoms with Gasteiger partial charge in [-0.1, -0.05) is 18.2 Å². The SMILES string of the molecule is O=C(COc1cccc(C(F)(F)F)c1)NCc1ccc(OC(F)F)cc1. The summed E-state index contributed by atoms with van der Waals surface area (Å²) in [4.78, 5) is 11.7. The van der Waals surface area contributed by atoms with E-state index >= 15 is 0 Å². The highest BCUT2D eigenvalue weighted by molar-refractivity contribution is 5.77. The molecular weight excluding hydrogens is 361 g/mol.